The second-order valence-electron chi connectivity index (χ2n) is 10.4. The topological polar surface area (TPSA) is 91.4 Å². The molecule has 1 amide bonds. The molecule has 8 heteroatoms. The highest BCUT2D eigenvalue weighted by molar-refractivity contribution is 5.88. The third kappa shape index (κ3) is 9.42. The number of benzene rings is 1. The van der Waals surface area contributed by atoms with Crippen LogP contribution < -0.4 is 0 Å². The first-order valence-corrected chi connectivity index (χ1v) is 13.4. The second kappa shape index (κ2) is 15.1. The Bertz CT molecular complexity index is 857. The highest BCUT2D eigenvalue weighted by Gasteiger charge is 2.43. The molecule has 0 N–H and O–H groups in total. The first-order chi connectivity index (χ1) is 17.6. The van der Waals surface area contributed by atoms with Gasteiger partial charge in [-0.3, -0.25) is 14.4 Å². The SMILES string of the molecule is CCCCCCCC1OC(=O)CC(OCOC)[C@H](Cc2ccccc2)N(C)C(=O)C(C)(C)OC(=O)[C@H]1C. The Morgan fingerprint density at radius 1 is 1.05 bits per heavy atom. The molecule has 1 aromatic carbocycles. The summed E-state index contributed by atoms with van der Waals surface area (Å²) in [6.45, 7) is 7.00. The fourth-order valence-corrected chi connectivity index (χ4v) is 4.69. The average Bonchev–Trinajstić information content (AvgIpc) is 2.87. The first kappa shape index (κ1) is 30.8. The molecule has 208 valence electrons. The number of ether oxygens (including phenoxy) is 4. The van der Waals surface area contributed by atoms with Crippen LogP contribution in [0.25, 0.3) is 0 Å². The molecule has 1 fully saturated rings. The van der Waals surface area contributed by atoms with E-state index >= 15 is 0 Å². The minimum Gasteiger partial charge on any atom is -0.461 e. The summed E-state index contributed by atoms with van der Waals surface area (Å²) in [7, 11) is 3.15. The van der Waals surface area contributed by atoms with Gasteiger partial charge in [0.1, 0.15) is 12.9 Å². The van der Waals surface area contributed by atoms with Gasteiger partial charge in [-0.05, 0) is 45.6 Å². The fourth-order valence-electron chi connectivity index (χ4n) is 4.69. The number of carbonyl (C=O) groups is 3. The number of cyclic esters (lactones) is 2. The normalized spacial score (nSPS) is 25.1. The number of nitrogens with zero attached hydrogens (tertiary/aromatic N) is 1. The molecule has 4 atom stereocenters. The zero-order valence-electron chi connectivity index (χ0n) is 23.4. The van der Waals surface area contributed by atoms with Crippen molar-refractivity contribution in [3.05, 3.63) is 35.9 Å². The van der Waals surface area contributed by atoms with Gasteiger partial charge in [-0.25, -0.2) is 0 Å². The molecule has 1 aromatic rings. The van der Waals surface area contributed by atoms with E-state index in [1.54, 1.807) is 27.8 Å². The maximum absolute atomic E-state index is 13.6. The van der Waals surface area contributed by atoms with Crippen molar-refractivity contribution in [3.8, 4) is 0 Å². The number of likely N-dealkylation sites (N-methyl/N-ethyl adjacent to an activating group) is 1. The van der Waals surface area contributed by atoms with Gasteiger partial charge in [0.05, 0.1) is 24.5 Å². The monoisotopic (exact) mass is 519 g/mol. The van der Waals surface area contributed by atoms with Crippen molar-refractivity contribution in [1.82, 2.24) is 4.90 Å². The zero-order valence-corrected chi connectivity index (χ0v) is 23.4. The number of unbranched alkanes of at least 4 members (excludes halogenated alkanes) is 4. The minimum atomic E-state index is -1.41. The van der Waals surface area contributed by atoms with Crippen LogP contribution in [0, 0.1) is 5.92 Å². The van der Waals surface area contributed by atoms with Crippen molar-refractivity contribution in [3.63, 3.8) is 0 Å². The number of carbonyl (C=O) groups excluding carboxylic acids is 3. The third-order valence-corrected chi connectivity index (χ3v) is 6.98. The van der Waals surface area contributed by atoms with Crippen molar-refractivity contribution in [1.29, 1.82) is 0 Å². The number of methoxy groups -OCH3 is 1. The summed E-state index contributed by atoms with van der Waals surface area (Å²) in [6, 6.07) is 9.15. The van der Waals surface area contributed by atoms with Gasteiger partial charge >= 0.3 is 11.9 Å². The summed E-state index contributed by atoms with van der Waals surface area (Å²) in [4.78, 5) is 41.4. The molecule has 1 aliphatic heterocycles. The predicted octanol–water partition coefficient (Wildman–Crippen LogP) is 4.68. The summed E-state index contributed by atoms with van der Waals surface area (Å²) in [5.41, 5.74) is -0.428. The van der Waals surface area contributed by atoms with E-state index < -0.39 is 41.7 Å². The van der Waals surface area contributed by atoms with Crippen LogP contribution in [-0.2, 0) is 39.8 Å². The van der Waals surface area contributed by atoms with Crippen LogP contribution in [0.5, 0.6) is 0 Å². The Labute approximate surface area is 222 Å². The molecular weight excluding hydrogens is 474 g/mol. The maximum atomic E-state index is 13.6. The molecule has 2 unspecified atom stereocenters. The van der Waals surface area contributed by atoms with Gasteiger partial charge in [-0.2, -0.15) is 0 Å². The summed E-state index contributed by atoms with van der Waals surface area (Å²) in [6.07, 6.45) is 4.79. The average molecular weight is 520 g/mol. The van der Waals surface area contributed by atoms with Crippen LogP contribution in [0.4, 0.5) is 0 Å². The lowest BCUT2D eigenvalue weighted by Gasteiger charge is -2.39. The van der Waals surface area contributed by atoms with E-state index in [4.69, 9.17) is 18.9 Å². The Morgan fingerprint density at radius 3 is 2.38 bits per heavy atom. The minimum absolute atomic E-state index is 0.0408. The lowest BCUT2D eigenvalue weighted by Crippen LogP contribution is -2.56. The molecule has 37 heavy (non-hydrogen) atoms. The zero-order chi connectivity index (χ0) is 27.4. The molecule has 1 saturated heterocycles. The molecule has 8 nitrogen and oxygen atoms in total. The number of amides is 1. The molecule has 0 spiro atoms. The van der Waals surface area contributed by atoms with E-state index in [1.807, 2.05) is 30.3 Å². The molecule has 0 aromatic heterocycles. The molecule has 1 aliphatic rings. The number of hydrogen-bond donors (Lipinski definition) is 0. The van der Waals surface area contributed by atoms with Crippen LogP contribution in [0.1, 0.15) is 78.2 Å². The first-order valence-electron chi connectivity index (χ1n) is 13.4. The Balaban J connectivity index is 2.39. The van der Waals surface area contributed by atoms with Gasteiger partial charge in [0, 0.05) is 14.2 Å². The van der Waals surface area contributed by atoms with E-state index in [9.17, 15) is 14.4 Å². The van der Waals surface area contributed by atoms with Crippen LogP contribution in [0.3, 0.4) is 0 Å². The van der Waals surface area contributed by atoms with Crippen LogP contribution in [-0.4, -0.2) is 67.5 Å². The van der Waals surface area contributed by atoms with E-state index in [-0.39, 0.29) is 19.1 Å². The Hall–Kier alpha value is -2.45. The quantitative estimate of drug-likeness (QED) is 0.238. The van der Waals surface area contributed by atoms with Gasteiger partial charge in [-0.1, -0.05) is 62.9 Å². The van der Waals surface area contributed by atoms with Crippen molar-refractivity contribution in [2.75, 3.05) is 21.0 Å². The van der Waals surface area contributed by atoms with Crippen LogP contribution in [0.2, 0.25) is 0 Å². The third-order valence-electron chi connectivity index (χ3n) is 6.98. The molecule has 0 aliphatic carbocycles. The molecule has 1 heterocycles. The summed E-state index contributed by atoms with van der Waals surface area (Å²) in [5, 5.41) is 0. The molecule has 0 radical (unpaired) electrons. The smallest absolute Gasteiger partial charge is 0.313 e. The number of hydrogen-bond acceptors (Lipinski definition) is 7. The van der Waals surface area contributed by atoms with Gasteiger partial charge < -0.3 is 23.8 Å². The Kier molecular flexibility index (Phi) is 12.5. The van der Waals surface area contributed by atoms with Crippen LogP contribution in [0.15, 0.2) is 30.3 Å². The fraction of sp³-hybridized carbons (Fsp3) is 0.690. The van der Waals surface area contributed by atoms with Gasteiger partial charge in [-0.15, -0.1) is 0 Å². The summed E-state index contributed by atoms with van der Waals surface area (Å²) >= 11 is 0. The van der Waals surface area contributed by atoms with Crippen molar-refractivity contribution in [2.45, 2.75) is 103 Å². The summed E-state index contributed by atoms with van der Waals surface area (Å²) < 4.78 is 22.7. The second-order valence-corrected chi connectivity index (χ2v) is 10.4. The highest BCUT2D eigenvalue weighted by Crippen LogP contribution is 2.27. The van der Waals surface area contributed by atoms with Gasteiger partial charge in [0.15, 0.2) is 5.60 Å². The van der Waals surface area contributed by atoms with E-state index in [2.05, 4.69) is 6.92 Å². The lowest BCUT2D eigenvalue weighted by atomic mass is 9.94. The Morgan fingerprint density at radius 2 is 1.73 bits per heavy atom. The van der Waals surface area contributed by atoms with Crippen molar-refractivity contribution < 1.29 is 33.3 Å². The van der Waals surface area contributed by atoms with Gasteiger partial charge in [0.25, 0.3) is 5.91 Å². The lowest BCUT2D eigenvalue weighted by molar-refractivity contribution is -0.185. The number of rotatable bonds is 11. The van der Waals surface area contributed by atoms with Crippen molar-refractivity contribution in [2.24, 2.45) is 5.92 Å². The molecule has 2 rings (SSSR count). The van der Waals surface area contributed by atoms with Crippen molar-refractivity contribution >= 4 is 17.8 Å². The van der Waals surface area contributed by atoms with Gasteiger partial charge in [0.2, 0.25) is 0 Å². The predicted molar refractivity (Wildman–Crippen MR) is 141 cm³/mol. The molecule has 0 bridgehead atoms. The number of esters is 2. The summed E-state index contributed by atoms with van der Waals surface area (Å²) in [5.74, 6) is -2.10. The van der Waals surface area contributed by atoms with E-state index in [0.29, 0.717) is 12.8 Å². The standard InChI is InChI=1S/C29H45NO7/c1-7-8-9-10-14-17-24-21(2)27(32)37-29(3,4)28(33)30(5)23(18-22-15-12-11-13-16-22)25(35-20-34-6)19-26(31)36-24/h11-13,15-16,21,23-25H,7-10,14,17-20H2,1-6H3/t21-,23-,24?,25?/m0/s1. The maximum Gasteiger partial charge on any atom is 0.313 e. The highest BCUT2D eigenvalue weighted by atomic mass is 16.7. The molecule has 0 saturated carbocycles. The van der Waals surface area contributed by atoms with E-state index in [1.165, 1.54) is 12.0 Å². The van der Waals surface area contributed by atoms with E-state index in [0.717, 1.165) is 37.7 Å². The van der Waals surface area contributed by atoms with Crippen LogP contribution >= 0.6 is 0 Å². The largest absolute Gasteiger partial charge is 0.461 e. The molecular formula is C29H45NO7.